The van der Waals surface area contributed by atoms with Crippen LogP contribution in [-0.4, -0.2) is 18.2 Å². The molecule has 1 aliphatic heterocycles. The van der Waals surface area contributed by atoms with Crippen LogP contribution in [0.5, 0.6) is 0 Å². The van der Waals surface area contributed by atoms with E-state index in [-0.39, 0.29) is 24.7 Å². The Morgan fingerprint density at radius 1 is 1.19 bits per heavy atom. The van der Waals surface area contributed by atoms with Crippen molar-refractivity contribution in [1.82, 2.24) is 0 Å². The first-order chi connectivity index (χ1) is 7.49. The summed E-state index contributed by atoms with van der Waals surface area (Å²) in [5.41, 5.74) is 1.49. The van der Waals surface area contributed by atoms with E-state index >= 15 is 0 Å². The van der Waals surface area contributed by atoms with Crippen molar-refractivity contribution in [2.45, 2.75) is 13.3 Å². The van der Waals surface area contributed by atoms with Crippen LogP contribution in [0.2, 0.25) is 10.0 Å². The molecule has 1 heterocycles. The van der Waals surface area contributed by atoms with E-state index in [1.165, 1.54) is 4.90 Å². The Bertz CT molecular complexity index is 485. The van der Waals surface area contributed by atoms with Gasteiger partial charge in [-0.1, -0.05) is 23.2 Å². The highest BCUT2D eigenvalue weighted by molar-refractivity contribution is 6.42. The summed E-state index contributed by atoms with van der Waals surface area (Å²) in [6.45, 7) is 1.95. The second-order valence-electron chi connectivity index (χ2n) is 3.75. The molecule has 1 amide bonds. The lowest BCUT2D eigenvalue weighted by molar-refractivity contribution is -0.121. The maximum atomic E-state index is 11.6. The number of amides is 1. The van der Waals surface area contributed by atoms with Gasteiger partial charge < -0.3 is 4.90 Å². The van der Waals surface area contributed by atoms with Crippen LogP contribution in [0.25, 0.3) is 0 Å². The van der Waals surface area contributed by atoms with Crippen LogP contribution in [0.15, 0.2) is 12.1 Å². The predicted molar refractivity (Wildman–Crippen MR) is 63.2 cm³/mol. The molecular formula is C11H9Cl2NO2. The monoisotopic (exact) mass is 257 g/mol. The van der Waals surface area contributed by atoms with Gasteiger partial charge in [0.1, 0.15) is 0 Å². The molecule has 16 heavy (non-hydrogen) atoms. The predicted octanol–water partition coefficient (Wildman–Crippen LogP) is 2.61. The minimum Gasteiger partial charge on any atom is -0.304 e. The van der Waals surface area contributed by atoms with Crippen LogP contribution in [0.4, 0.5) is 5.69 Å². The van der Waals surface area contributed by atoms with Crippen LogP contribution in [0.3, 0.4) is 0 Å². The van der Waals surface area contributed by atoms with Gasteiger partial charge in [0.05, 0.1) is 23.0 Å². The number of hydrogen-bond acceptors (Lipinski definition) is 2. The molecule has 0 aromatic heterocycles. The molecular weight excluding hydrogens is 249 g/mol. The lowest BCUT2D eigenvalue weighted by atomic mass is 10.2. The lowest BCUT2D eigenvalue weighted by Crippen LogP contribution is -2.25. The third-order valence-corrected chi connectivity index (χ3v) is 3.24. The standard InChI is InChI=1S/C11H9Cl2NO2/c1-6-2-8(12)9(13)4-10(6)14-5-7(15)3-11(14)16/h2,4H,3,5H2,1H3. The Balaban J connectivity index is 2.45. The van der Waals surface area contributed by atoms with Gasteiger partial charge in [0.15, 0.2) is 5.78 Å². The molecule has 1 aromatic carbocycles. The van der Waals surface area contributed by atoms with E-state index in [2.05, 4.69) is 0 Å². The summed E-state index contributed by atoms with van der Waals surface area (Å²) in [7, 11) is 0. The Hall–Kier alpha value is -1.06. The van der Waals surface area contributed by atoms with Crippen LogP contribution in [0, 0.1) is 6.92 Å². The van der Waals surface area contributed by atoms with Gasteiger partial charge in [-0.3, -0.25) is 9.59 Å². The van der Waals surface area contributed by atoms with Crippen molar-refractivity contribution in [3.63, 3.8) is 0 Å². The fraction of sp³-hybridized carbons (Fsp3) is 0.273. The van der Waals surface area contributed by atoms with Crippen LogP contribution < -0.4 is 4.90 Å². The molecule has 0 N–H and O–H groups in total. The van der Waals surface area contributed by atoms with E-state index < -0.39 is 0 Å². The number of nitrogens with zero attached hydrogens (tertiary/aromatic N) is 1. The highest BCUT2D eigenvalue weighted by atomic mass is 35.5. The van der Waals surface area contributed by atoms with E-state index in [1.54, 1.807) is 12.1 Å². The van der Waals surface area contributed by atoms with E-state index in [0.29, 0.717) is 15.7 Å². The van der Waals surface area contributed by atoms with Gasteiger partial charge in [-0.05, 0) is 24.6 Å². The van der Waals surface area contributed by atoms with Crippen LogP contribution in [-0.2, 0) is 9.59 Å². The molecule has 0 aliphatic carbocycles. The maximum absolute atomic E-state index is 11.6. The zero-order valence-electron chi connectivity index (χ0n) is 8.59. The summed E-state index contributed by atoms with van der Waals surface area (Å²) in [6.07, 6.45) is -0.0281. The second-order valence-corrected chi connectivity index (χ2v) is 4.56. The lowest BCUT2D eigenvalue weighted by Gasteiger charge is -2.18. The molecule has 1 saturated heterocycles. The maximum Gasteiger partial charge on any atom is 0.234 e. The average molecular weight is 258 g/mol. The molecule has 0 unspecified atom stereocenters. The van der Waals surface area contributed by atoms with Gasteiger partial charge >= 0.3 is 0 Å². The summed E-state index contributed by atoms with van der Waals surface area (Å²) >= 11 is 11.7. The van der Waals surface area contributed by atoms with E-state index in [1.807, 2.05) is 6.92 Å². The summed E-state index contributed by atoms with van der Waals surface area (Å²) in [4.78, 5) is 24.2. The van der Waals surface area contributed by atoms with Gasteiger partial charge in [0.2, 0.25) is 5.91 Å². The minimum atomic E-state index is -0.188. The number of rotatable bonds is 1. The van der Waals surface area contributed by atoms with Crippen LogP contribution >= 0.6 is 23.2 Å². The Morgan fingerprint density at radius 3 is 2.38 bits per heavy atom. The summed E-state index contributed by atoms with van der Waals surface area (Å²) in [6, 6.07) is 3.31. The zero-order chi connectivity index (χ0) is 11.9. The smallest absolute Gasteiger partial charge is 0.234 e. The van der Waals surface area contributed by atoms with Crippen molar-refractivity contribution in [1.29, 1.82) is 0 Å². The molecule has 1 aromatic rings. The molecule has 0 saturated carbocycles. The highest BCUT2D eigenvalue weighted by Crippen LogP contribution is 2.32. The highest BCUT2D eigenvalue weighted by Gasteiger charge is 2.29. The number of Topliss-reactive ketones (excluding diaryl/α,β-unsaturated/α-hetero) is 1. The van der Waals surface area contributed by atoms with Crippen molar-refractivity contribution in [2.75, 3.05) is 11.4 Å². The van der Waals surface area contributed by atoms with E-state index in [9.17, 15) is 9.59 Å². The molecule has 1 aliphatic rings. The van der Waals surface area contributed by atoms with Gasteiger partial charge in [-0.2, -0.15) is 0 Å². The molecule has 0 bridgehead atoms. The third-order valence-electron chi connectivity index (χ3n) is 2.51. The van der Waals surface area contributed by atoms with Gasteiger partial charge in [0.25, 0.3) is 0 Å². The summed E-state index contributed by atoms with van der Waals surface area (Å²) in [5, 5.41) is 0.829. The van der Waals surface area contributed by atoms with E-state index in [4.69, 9.17) is 23.2 Å². The average Bonchev–Trinajstić information content (AvgIpc) is 2.51. The van der Waals surface area contributed by atoms with Gasteiger partial charge in [-0.25, -0.2) is 0 Å². The number of ketones is 1. The Morgan fingerprint density at radius 2 is 1.81 bits per heavy atom. The Kier molecular flexibility index (Phi) is 2.91. The SMILES string of the molecule is Cc1cc(Cl)c(Cl)cc1N1CC(=O)CC1=O. The molecule has 0 spiro atoms. The first-order valence-corrected chi connectivity index (χ1v) is 5.52. The van der Waals surface area contributed by atoms with E-state index in [0.717, 1.165) is 5.56 Å². The zero-order valence-corrected chi connectivity index (χ0v) is 10.1. The summed E-state index contributed by atoms with van der Waals surface area (Å²) < 4.78 is 0. The van der Waals surface area contributed by atoms with Gasteiger partial charge in [-0.15, -0.1) is 0 Å². The number of benzene rings is 1. The first-order valence-electron chi connectivity index (χ1n) is 4.77. The molecule has 2 rings (SSSR count). The van der Waals surface area contributed by atoms with Gasteiger partial charge in [0, 0.05) is 5.69 Å². The van der Waals surface area contributed by atoms with Crippen molar-refractivity contribution < 1.29 is 9.59 Å². The fourth-order valence-corrected chi connectivity index (χ4v) is 2.11. The van der Waals surface area contributed by atoms with Crippen molar-refractivity contribution in [3.8, 4) is 0 Å². The number of aryl methyl sites for hydroxylation is 1. The third kappa shape index (κ3) is 1.93. The molecule has 84 valence electrons. The van der Waals surface area contributed by atoms with Crippen molar-refractivity contribution in [3.05, 3.63) is 27.7 Å². The molecule has 5 heteroatoms. The Labute approximate surface area is 103 Å². The number of hydrogen-bond donors (Lipinski definition) is 0. The number of anilines is 1. The number of carbonyl (C=O) groups is 2. The number of carbonyl (C=O) groups excluding carboxylic acids is 2. The minimum absolute atomic E-state index is 0.0281. The first kappa shape index (κ1) is 11.4. The normalized spacial score (nSPS) is 16.1. The van der Waals surface area contributed by atoms with Crippen molar-refractivity contribution in [2.24, 2.45) is 0 Å². The topological polar surface area (TPSA) is 37.4 Å². The second kappa shape index (κ2) is 4.07. The molecule has 0 atom stereocenters. The van der Waals surface area contributed by atoms with Crippen molar-refractivity contribution >= 4 is 40.6 Å². The molecule has 1 fully saturated rings. The molecule has 0 radical (unpaired) electrons. The largest absolute Gasteiger partial charge is 0.304 e. The quantitative estimate of drug-likeness (QED) is 0.726. The fourth-order valence-electron chi connectivity index (χ4n) is 1.73. The molecule has 3 nitrogen and oxygen atoms in total. The van der Waals surface area contributed by atoms with Crippen LogP contribution in [0.1, 0.15) is 12.0 Å². The summed E-state index contributed by atoms with van der Waals surface area (Å²) in [5.74, 6) is -0.262. The number of halogens is 2.